The van der Waals surface area contributed by atoms with Crippen molar-refractivity contribution in [3.8, 4) is 0 Å². The predicted molar refractivity (Wildman–Crippen MR) is 44.7 cm³/mol. The molecule has 0 saturated heterocycles. The van der Waals surface area contributed by atoms with Gasteiger partial charge in [-0.1, -0.05) is 6.58 Å². The fraction of sp³-hybridized carbons (Fsp3) is 0.125. The molecule has 0 amide bonds. The van der Waals surface area contributed by atoms with Crippen LogP contribution in [0.25, 0.3) is 0 Å². The van der Waals surface area contributed by atoms with E-state index in [1.165, 1.54) is 7.11 Å². The van der Waals surface area contributed by atoms with E-state index in [0.29, 0.717) is 0 Å². The first-order valence-corrected chi connectivity index (χ1v) is 2.51. The molecule has 0 rings (SSSR count). The third-order valence-corrected chi connectivity index (χ3v) is 0.368. The molecule has 0 aromatic heterocycles. The smallest absolute Gasteiger partial charge is 0.329 e. The summed E-state index contributed by atoms with van der Waals surface area (Å²) in [5.74, 6) is -0.394. The van der Waals surface area contributed by atoms with Crippen molar-refractivity contribution < 1.29 is 9.53 Å². The fourth-order valence-electron chi connectivity index (χ4n) is 0.0833. The van der Waals surface area contributed by atoms with Gasteiger partial charge < -0.3 is 4.74 Å². The third-order valence-electron chi connectivity index (χ3n) is 0.368. The highest BCUT2D eigenvalue weighted by atomic mass is 16.5. The van der Waals surface area contributed by atoms with E-state index in [2.05, 4.69) is 37.6 Å². The van der Waals surface area contributed by atoms with Crippen LogP contribution < -0.4 is 0 Å². The fourth-order valence-corrected chi connectivity index (χ4v) is 0.0833. The van der Waals surface area contributed by atoms with Gasteiger partial charge in [-0.3, -0.25) is 0 Å². The van der Waals surface area contributed by atoms with Crippen LogP contribution in [0.2, 0.25) is 0 Å². The van der Waals surface area contributed by atoms with Gasteiger partial charge in [0.1, 0.15) is 0 Å². The van der Waals surface area contributed by atoms with Crippen LogP contribution in [0.5, 0.6) is 0 Å². The average molecular weight is 142 g/mol. The molecule has 0 saturated carbocycles. The number of ether oxygens (including phenoxy) is 1. The summed E-state index contributed by atoms with van der Waals surface area (Å²) in [5.41, 5.74) is 0. The number of esters is 1. The zero-order valence-electron chi connectivity index (χ0n) is 6.43. The Kier molecular flexibility index (Phi) is 40.1. The molecule has 10 heavy (non-hydrogen) atoms. The van der Waals surface area contributed by atoms with Gasteiger partial charge in [-0.05, 0) is 0 Å². The molecular formula is C8H14O2. The third kappa shape index (κ3) is 29.9. The van der Waals surface area contributed by atoms with Gasteiger partial charge in [0.15, 0.2) is 0 Å². The lowest BCUT2D eigenvalue weighted by Gasteiger charge is -1.83. The maximum atomic E-state index is 9.84. The van der Waals surface area contributed by atoms with Crippen LogP contribution in [0.4, 0.5) is 0 Å². The van der Waals surface area contributed by atoms with Crippen LogP contribution in [-0.4, -0.2) is 13.1 Å². The van der Waals surface area contributed by atoms with Crippen molar-refractivity contribution in [2.75, 3.05) is 7.11 Å². The maximum absolute atomic E-state index is 9.84. The Hall–Kier alpha value is -1.31. The topological polar surface area (TPSA) is 26.3 Å². The summed E-state index contributed by atoms with van der Waals surface area (Å²) in [4.78, 5) is 9.84. The molecule has 58 valence electrons. The highest BCUT2D eigenvalue weighted by Gasteiger charge is 1.81. The maximum Gasteiger partial charge on any atom is 0.329 e. The number of hydrogen-bond acceptors (Lipinski definition) is 2. The first-order valence-electron chi connectivity index (χ1n) is 2.51. The summed E-state index contributed by atoms with van der Waals surface area (Å²) in [7, 11) is 1.31. The Labute approximate surface area is 62.5 Å². The molecule has 0 aliphatic carbocycles. The van der Waals surface area contributed by atoms with Crippen molar-refractivity contribution in [2.24, 2.45) is 0 Å². The first kappa shape index (κ1) is 15.9. The number of methoxy groups -OCH3 is 1. The highest BCUT2D eigenvalue weighted by Crippen LogP contribution is 1.67. The number of carbonyl (C=O) groups excluding carboxylic acids is 1. The quantitative estimate of drug-likeness (QED) is 0.318. The molecule has 0 aliphatic heterocycles. The second kappa shape index (κ2) is 25.3. The molecular weight excluding hydrogens is 128 g/mol. The first-order chi connectivity index (χ1) is 4.81. The lowest BCUT2D eigenvalue weighted by atomic mass is 10.7. The largest absolute Gasteiger partial charge is 0.466 e. The predicted octanol–water partition coefficient (Wildman–Crippen LogP) is 1.95. The molecule has 0 radical (unpaired) electrons. The van der Waals surface area contributed by atoms with Crippen LogP contribution in [0.3, 0.4) is 0 Å². The van der Waals surface area contributed by atoms with Crippen molar-refractivity contribution in [2.45, 2.75) is 0 Å². The molecule has 0 unspecified atom stereocenters. The number of hydrogen-bond donors (Lipinski definition) is 0. The highest BCUT2D eigenvalue weighted by molar-refractivity contribution is 5.80. The zero-order chi connectivity index (χ0) is 8.99. The summed E-state index contributed by atoms with van der Waals surface area (Å²) in [5, 5.41) is 0. The minimum atomic E-state index is -0.394. The van der Waals surface area contributed by atoms with Crippen molar-refractivity contribution in [1.29, 1.82) is 0 Å². The van der Waals surface area contributed by atoms with Gasteiger partial charge in [0.05, 0.1) is 7.11 Å². The van der Waals surface area contributed by atoms with E-state index in [9.17, 15) is 4.79 Å². The zero-order valence-corrected chi connectivity index (χ0v) is 6.43. The molecule has 2 heteroatoms. The number of carbonyl (C=O) groups is 1. The molecule has 0 atom stereocenters. The second-order valence-corrected chi connectivity index (χ2v) is 0.727. The molecule has 0 aromatic rings. The standard InChI is InChI=1S/C4H6O2.2C2H4/c1-3-4(5)6-2;2*1-2/h3H,1H2,2H3;2*1-2H2. The minimum Gasteiger partial charge on any atom is -0.466 e. The average Bonchev–Trinajstić information content (AvgIpc) is 2.10. The summed E-state index contributed by atoms with van der Waals surface area (Å²) in [6.07, 6.45) is 1.11. The van der Waals surface area contributed by atoms with Crippen LogP contribution in [0.1, 0.15) is 0 Å². The van der Waals surface area contributed by atoms with Crippen molar-refractivity contribution >= 4 is 5.97 Å². The van der Waals surface area contributed by atoms with Gasteiger partial charge >= 0.3 is 5.97 Å². The van der Waals surface area contributed by atoms with E-state index >= 15 is 0 Å². The minimum absolute atomic E-state index is 0.394. The van der Waals surface area contributed by atoms with Gasteiger partial charge in [0.2, 0.25) is 0 Å². The van der Waals surface area contributed by atoms with Crippen LogP contribution >= 0.6 is 0 Å². The second-order valence-electron chi connectivity index (χ2n) is 0.727. The van der Waals surface area contributed by atoms with Crippen molar-refractivity contribution in [3.05, 3.63) is 39.0 Å². The van der Waals surface area contributed by atoms with Crippen LogP contribution in [0.15, 0.2) is 39.0 Å². The van der Waals surface area contributed by atoms with Crippen LogP contribution in [0, 0.1) is 0 Å². The Balaban J connectivity index is -0.000000105. The Morgan fingerprint density at radius 2 is 1.60 bits per heavy atom. The Morgan fingerprint density at radius 1 is 1.30 bits per heavy atom. The van der Waals surface area contributed by atoms with E-state index in [1.54, 1.807) is 0 Å². The lowest BCUT2D eigenvalue weighted by molar-refractivity contribution is -0.134. The monoisotopic (exact) mass is 142 g/mol. The SMILES string of the molecule is C=C.C=C.C=CC(=O)OC. The Bertz CT molecular complexity index is 85.3. The summed E-state index contributed by atoms with van der Waals surface area (Å²) >= 11 is 0. The molecule has 0 spiro atoms. The molecule has 0 aromatic carbocycles. The normalized spacial score (nSPS) is 4.90. The van der Waals surface area contributed by atoms with E-state index in [0.717, 1.165) is 6.08 Å². The summed E-state index contributed by atoms with van der Waals surface area (Å²) in [6.45, 7) is 15.2. The van der Waals surface area contributed by atoms with Gasteiger partial charge in [-0.15, -0.1) is 26.3 Å². The molecule has 0 N–H and O–H groups in total. The summed E-state index contributed by atoms with van der Waals surface area (Å²) in [6, 6.07) is 0. The van der Waals surface area contributed by atoms with Gasteiger partial charge in [-0.25, -0.2) is 4.79 Å². The van der Waals surface area contributed by atoms with E-state index in [4.69, 9.17) is 0 Å². The van der Waals surface area contributed by atoms with Crippen molar-refractivity contribution in [1.82, 2.24) is 0 Å². The number of rotatable bonds is 1. The molecule has 0 fully saturated rings. The van der Waals surface area contributed by atoms with Gasteiger partial charge in [0.25, 0.3) is 0 Å². The van der Waals surface area contributed by atoms with Gasteiger partial charge in [0, 0.05) is 6.08 Å². The summed E-state index contributed by atoms with van der Waals surface area (Å²) < 4.78 is 4.14. The van der Waals surface area contributed by atoms with E-state index in [-0.39, 0.29) is 0 Å². The molecule has 2 nitrogen and oxygen atoms in total. The van der Waals surface area contributed by atoms with E-state index < -0.39 is 5.97 Å². The molecule has 0 heterocycles. The van der Waals surface area contributed by atoms with E-state index in [1.807, 2.05) is 0 Å². The van der Waals surface area contributed by atoms with Crippen molar-refractivity contribution in [3.63, 3.8) is 0 Å². The van der Waals surface area contributed by atoms with Crippen LogP contribution in [-0.2, 0) is 9.53 Å². The van der Waals surface area contributed by atoms with Gasteiger partial charge in [-0.2, -0.15) is 0 Å². The molecule has 0 bridgehead atoms. The lowest BCUT2D eigenvalue weighted by Crippen LogP contribution is -1.91. The molecule has 0 aliphatic rings. The Morgan fingerprint density at radius 3 is 1.60 bits per heavy atom.